The minimum atomic E-state index is -0.932. The maximum atomic E-state index is 10.5. The van der Waals surface area contributed by atoms with Crippen LogP contribution >= 0.6 is 0 Å². The monoisotopic (exact) mass is 188 g/mol. The van der Waals surface area contributed by atoms with E-state index in [4.69, 9.17) is 14.6 Å². The number of rotatable bonds is 7. The molecule has 0 heterocycles. The lowest BCUT2D eigenvalue weighted by atomic mass is 10.2. The van der Waals surface area contributed by atoms with Crippen LogP contribution in [-0.2, 0) is 14.3 Å². The molecule has 0 unspecified atom stereocenters. The number of carboxylic acid groups (broad SMARTS) is 1. The van der Waals surface area contributed by atoms with Gasteiger partial charge in [0.1, 0.15) is 6.61 Å². The number of carboxylic acids is 1. The minimum absolute atomic E-state index is 0.275. The largest absolute Gasteiger partial charge is 0.498 e. The van der Waals surface area contributed by atoms with Crippen molar-refractivity contribution < 1.29 is 19.4 Å². The summed E-state index contributed by atoms with van der Waals surface area (Å²) < 4.78 is 9.99. The molecule has 0 rings (SSSR count). The first-order valence-electron chi connectivity index (χ1n) is 4.34. The molecule has 0 radical (unpaired) electrons. The van der Waals surface area contributed by atoms with Crippen LogP contribution in [0.4, 0.5) is 0 Å². The molecule has 4 nitrogen and oxygen atoms in total. The summed E-state index contributed by atoms with van der Waals surface area (Å²) in [6, 6.07) is 0. The quantitative estimate of drug-likeness (QED) is 0.373. The number of carbonyl (C=O) groups is 1. The van der Waals surface area contributed by atoms with Gasteiger partial charge in [-0.05, 0) is 13.3 Å². The average Bonchev–Trinajstić information content (AvgIpc) is 2.10. The molecule has 76 valence electrons. The van der Waals surface area contributed by atoms with Crippen molar-refractivity contribution in [3.8, 4) is 0 Å². The van der Waals surface area contributed by atoms with E-state index in [0.717, 1.165) is 0 Å². The van der Waals surface area contributed by atoms with E-state index in [1.165, 1.54) is 6.26 Å². The van der Waals surface area contributed by atoms with Gasteiger partial charge in [0.15, 0.2) is 0 Å². The summed E-state index contributed by atoms with van der Waals surface area (Å²) in [5.74, 6) is -0.932. The van der Waals surface area contributed by atoms with Crippen molar-refractivity contribution in [1.82, 2.24) is 0 Å². The third-order valence-corrected chi connectivity index (χ3v) is 1.43. The standard InChI is InChI=1S/C9H16O4/c1-3-8(9(10)11)7-13-6-5-12-4-2/h7H,3-6H2,1-2H3,(H,10,11). The summed E-state index contributed by atoms with van der Waals surface area (Å²) in [5, 5.41) is 8.60. The van der Waals surface area contributed by atoms with Crippen LogP contribution in [0.1, 0.15) is 20.3 Å². The summed E-state index contributed by atoms with van der Waals surface area (Å²) in [6.07, 6.45) is 1.74. The highest BCUT2D eigenvalue weighted by atomic mass is 16.5. The topological polar surface area (TPSA) is 55.8 Å². The van der Waals surface area contributed by atoms with Gasteiger partial charge in [-0.3, -0.25) is 0 Å². The lowest BCUT2D eigenvalue weighted by Crippen LogP contribution is -2.04. The van der Waals surface area contributed by atoms with E-state index in [1.54, 1.807) is 6.92 Å². The first-order valence-corrected chi connectivity index (χ1v) is 4.34. The van der Waals surface area contributed by atoms with Gasteiger partial charge < -0.3 is 14.6 Å². The summed E-state index contributed by atoms with van der Waals surface area (Å²) in [5.41, 5.74) is 0.275. The van der Waals surface area contributed by atoms with Crippen molar-refractivity contribution in [1.29, 1.82) is 0 Å². The molecule has 0 bridgehead atoms. The smallest absolute Gasteiger partial charge is 0.334 e. The molecule has 0 atom stereocenters. The number of hydrogen-bond donors (Lipinski definition) is 1. The molecule has 0 aliphatic carbocycles. The first-order chi connectivity index (χ1) is 6.22. The summed E-state index contributed by atoms with van der Waals surface area (Å²) >= 11 is 0. The highest BCUT2D eigenvalue weighted by Crippen LogP contribution is 2.00. The summed E-state index contributed by atoms with van der Waals surface area (Å²) in [6.45, 7) is 5.19. The molecular formula is C9H16O4. The highest BCUT2D eigenvalue weighted by molar-refractivity contribution is 5.86. The average molecular weight is 188 g/mol. The van der Waals surface area contributed by atoms with E-state index in [-0.39, 0.29) is 5.57 Å². The van der Waals surface area contributed by atoms with Crippen molar-refractivity contribution in [2.24, 2.45) is 0 Å². The van der Waals surface area contributed by atoms with Crippen LogP contribution in [0.3, 0.4) is 0 Å². The van der Waals surface area contributed by atoms with Crippen LogP contribution in [0.5, 0.6) is 0 Å². The number of ether oxygens (including phenoxy) is 2. The Bertz CT molecular complexity index is 174. The van der Waals surface area contributed by atoms with Crippen LogP contribution in [0, 0.1) is 0 Å². The Morgan fingerprint density at radius 1 is 1.38 bits per heavy atom. The minimum Gasteiger partial charge on any atom is -0.498 e. The van der Waals surface area contributed by atoms with E-state index < -0.39 is 5.97 Å². The zero-order valence-electron chi connectivity index (χ0n) is 8.08. The Balaban J connectivity index is 3.61. The van der Waals surface area contributed by atoms with Crippen LogP contribution in [-0.4, -0.2) is 30.9 Å². The van der Waals surface area contributed by atoms with Gasteiger partial charge in [0, 0.05) is 6.61 Å². The zero-order valence-corrected chi connectivity index (χ0v) is 8.08. The van der Waals surface area contributed by atoms with Crippen LogP contribution < -0.4 is 0 Å². The molecule has 0 aromatic heterocycles. The molecule has 13 heavy (non-hydrogen) atoms. The first kappa shape index (κ1) is 12.0. The van der Waals surface area contributed by atoms with Gasteiger partial charge in [0.25, 0.3) is 0 Å². The third-order valence-electron chi connectivity index (χ3n) is 1.43. The zero-order chi connectivity index (χ0) is 10.1. The maximum Gasteiger partial charge on any atom is 0.334 e. The second-order valence-corrected chi connectivity index (χ2v) is 2.37. The van der Waals surface area contributed by atoms with Crippen molar-refractivity contribution in [2.45, 2.75) is 20.3 Å². The number of hydrogen-bond acceptors (Lipinski definition) is 3. The molecule has 0 aromatic carbocycles. The van der Waals surface area contributed by atoms with Gasteiger partial charge in [-0.15, -0.1) is 0 Å². The molecule has 1 N–H and O–H groups in total. The molecule has 0 fully saturated rings. The van der Waals surface area contributed by atoms with Crippen LogP contribution in [0.25, 0.3) is 0 Å². The van der Waals surface area contributed by atoms with E-state index >= 15 is 0 Å². The van der Waals surface area contributed by atoms with Crippen molar-refractivity contribution in [3.63, 3.8) is 0 Å². The predicted octanol–water partition coefficient (Wildman–Crippen LogP) is 1.42. The second kappa shape index (κ2) is 7.61. The molecule has 0 spiro atoms. The Morgan fingerprint density at radius 3 is 2.54 bits per heavy atom. The molecule has 0 saturated heterocycles. The van der Waals surface area contributed by atoms with Gasteiger partial charge >= 0.3 is 5.97 Å². The summed E-state index contributed by atoms with van der Waals surface area (Å²) in [7, 11) is 0. The van der Waals surface area contributed by atoms with Crippen LogP contribution in [0.15, 0.2) is 11.8 Å². The van der Waals surface area contributed by atoms with Crippen LogP contribution in [0.2, 0.25) is 0 Å². The van der Waals surface area contributed by atoms with E-state index in [9.17, 15) is 4.79 Å². The third kappa shape index (κ3) is 6.16. The lowest BCUT2D eigenvalue weighted by molar-refractivity contribution is -0.133. The van der Waals surface area contributed by atoms with Gasteiger partial charge in [0.05, 0.1) is 18.4 Å². The van der Waals surface area contributed by atoms with Gasteiger partial charge in [-0.1, -0.05) is 6.92 Å². The molecule has 0 aromatic rings. The fourth-order valence-electron chi connectivity index (χ4n) is 0.696. The maximum absolute atomic E-state index is 10.5. The van der Waals surface area contributed by atoms with Crippen molar-refractivity contribution in [2.75, 3.05) is 19.8 Å². The molecule has 0 saturated carbocycles. The molecule has 0 amide bonds. The Morgan fingerprint density at radius 2 is 2.08 bits per heavy atom. The summed E-state index contributed by atoms with van der Waals surface area (Å²) in [4.78, 5) is 10.5. The van der Waals surface area contributed by atoms with E-state index in [0.29, 0.717) is 26.2 Å². The van der Waals surface area contributed by atoms with Gasteiger partial charge in [-0.25, -0.2) is 4.79 Å². The second-order valence-electron chi connectivity index (χ2n) is 2.37. The van der Waals surface area contributed by atoms with Crippen molar-refractivity contribution in [3.05, 3.63) is 11.8 Å². The molecule has 0 aliphatic heterocycles. The normalized spacial score (nSPS) is 11.4. The fourth-order valence-corrected chi connectivity index (χ4v) is 0.696. The Labute approximate surface area is 78.2 Å². The Kier molecular flexibility index (Phi) is 7.01. The van der Waals surface area contributed by atoms with Gasteiger partial charge in [0.2, 0.25) is 0 Å². The SMILES string of the molecule is CCOCCOC=C(CC)C(=O)O. The van der Waals surface area contributed by atoms with E-state index in [1.807, 2.05) is 6.92 Å². The Hall–Kier alpha value is -1.03. The molecular weight excluding hydrogens is 172 g/mol. The van der Waals surface area contributed by atoms with E-state index in [2.05, 4.69) is 0 Å². The predicted molar refractivity (Wildman–Crippen MR) is 48.5 cm³/mol. The highest BCUT2D eigenvalue weighted by Gasteiger charge is 2.03. The number of aliphatic carboxylic acids is 1. The fraction of sp³-hybridized carbons (Fsp3) is 0.667. The van der Waals surface area contributed by atoms with Gasteiger partial charge in [-0.2, -0.15) is 0 Å². The lowest BCUT2D eigenvalue weighted by Gasteiger charge is -2.02. The molecule has 4 heteroatoms. The van der Waals surface area contributed by atoms with Crippen molar-refractivity contribution >= 4 is 5.97 Å². The molecule has 0 aliphatic rings.